The van der Waals surface area contributed by atoms with Crippen LogP contribution >= 0.6 is 23.2 Å². The molecule has 0 spiro atoms. The molecule has 0 saturated carbocycles. The van der Waals surface area contributed by atoms with E-state index in [0.717, 1.165) is 11.6 Å². The Morgan fingerprint density at radius 2 is 1.86 bits per heavy atom. The number of methoxy groups -OCH3 is 1. The van der Waals surface area contributed by atoms with Crippen LogP contribution in [-0.4, -0.2) is 34.5 Å². The molecule has 2 aromatic carbocycles. The van der Waals surface area contributed by atoms with E-state index in [4.69, 9.17) is 34.4 Å². The summed E-state index contributed by atoms with van der Waals surface area (Å²) < 4.78 is 32.8. The first-order valence-corrected chi connectivity index (χ1v) is 10.4. The lowest BCUT2D eigenvalue weighted by molar-refractivity contribution is 0.0958. The second kappa shape index (κ2) is 9.80. The zero-order valence-electron chi connectivity index (χ0n) is 15.0. The molecule has 2 N–H and O–H groups in total. The van der Waals surface area contributed by atoms with Crippen molar-refractivity contribution in [3.05, 3.63) is 57.6 Å². The molecule has 0 unspecified atom stereocenters. The Kier molecular flexibility index (Phi) is 7.72. The maximum Gasteiger partial charge on any atom is 0.253 e. The van der Waals surface area contributed by atoms with Crippen LogP contribution in [0.3, 0.4) is 0 Å². The number of halogens is 2. The summed E-state index contributed by atoms with van der Waals surface area (Å²) in [5.41, 5.74) is 0.900. The summed E-state index contributed by atoms with van der Waals surface area (Å²) in [5.74, 6) is 2.38. The van der Waals surface area contributed by atoms with Crippen LogP contribution in [0, 0.1) is 12.3 Å². The van der Waals surface area contributed by atoms with Gasteiger partial charge in [-0.1, -0.05) is 41.3 Å². The van der Waals surface area contributed by atoms with Crippen LogP contribution in [0.5, 0.6) is 5.75 Å². The molecule has 0 fully saturated rings. The van der Waals surface area contributed by atoms with Gasteiger partial charge in [-0.05, 0) is 36.2 Å². The second-order valence-corrected chi connectivity index (χ2v) is 8.19. The lowest BCUT2D eigenvalue weighted by Gasteiger charge is -2.12. The van der Waals surface area contributed by atoms with E-state index in [2.05, 4.69) is 16.0 Å². The predicted molar refractivity (Wildman–Crippen MR) is 110 cm³/mol. The minimum Gasteiger partial charge on any atom is -0.497 e. The Balaban J connectivity index is 2.15. The average molecular weight is 441 g/mol. The van der Waals surface area contributed by atoms with Crippen LogP contribution in [0.1, 0.15) is 15.9 Å². The third kappa shape index (κ3) is 5.63. The van der Waals surface area contributed by atoms with Crippen LogP contribution in [0.25, 0.3) is 0 Å². The van der Waals surface area contributed by atoms with E-state index >= 15 is 0 Å². The van der Waals surface area contributed by atoms with Crippen LogP contribution in [0.4, 0.5) is 0 Å². The Hall–Kier alpha value is -2.24. The molecule has 0 aliphatic rings. The summed E-state index contributed by atoms with van der Waals surface area (Å²) in [6.07, 6.45) is 5.57. The van der Waals surface area contributed by atoms with E-state index < -0.39 is 15.9 Å². The number of rotatable bonds is 8. The third-order valence-corrected chi connectivity index (χ3v) is 6.01. The molecular weight excluding hydrogens is 423 g/mol. The third-order valence-electron chi connectivity index (χ3n) is 3.77. The highest BCUT2D eigenvalue weighted by molar-refractivity contribution is 7.89. The van der Waals surface area contributed by atoms with E-state index in [1.165, 1.54) is 6.07 Å². The molecule has 0 radical (unpaired) electrons. The first kappa shape index (κ1) is 22.1. The normalized spacial score (nSPS) is 10.9. The van der Waals surface area contributed by atoms with E-state index in [9.17, 15) is 13.2 Å². The van der Waals surface area contributed by atoms with E-state index in [-0.39, 0.29) is 33.6 Å². The summed E-state index contributed by atoms with van der Waals surface area (Å²) in [6, 6.07) is 9.62. The molecule has 0 saturated heterocycles. The summed E-state index contributed by atoms with van der Waals surface area (Å²) in [5, 5.41) is 2.37. The predicted octanol–water partition coefficient (Wildman–Crippen LogP) is 2.89. The SMILES string of the molecule is C#CCNC(=O)c1cc(S(=O)(=O)NCCc2ccc(OC)cc2)c(Cl)cc1Cl. The molecule has 2 rings (SSSR count). The van der Waals surface area contributed by atoms with Gasteiger partial charge >= 0.3 is 0 Å². The van der Waals surface area contributed by atoms with Crippen molar-refractivity contribution >= 4 is 39.1 Å². The van der Waals surface area contributed by atoms with Crippen molar-refractivity contribution in [2.45, 2.75) is 11.3 Å². The maximum absolute atomic E-state index is 12.6. The zero-order chi connectivity index (χ0) is 20.7. The number of nitrogens with one attached hydrogen (secondary N) is 2. The summed E-state index contributed by atoms with van der Waals surface area (Å²) in [7, 11) is -2.38. The van der Waals surface area contributed by atoms with Crippen molar-refractivity contribution in [3.63, 3.8) is 0 Å². The van der Waals surface area contributed by atoms with Crippen LogP contribution < -0.4 is 14.8 Å². The number of carbonyl (C=O) groups is 1. The Labute approximate surface area is 174 Å². The van der Waals surface area contributed by atoms with Crippen molar-refractivity contribution in [3.8, 4) is 18.1 Å². The van der Waals surface area contributed by atoms with Gasteiger partial charge in [0.2, 0.25) is 10.0 Å². The van der Waals surface area contributed by atoms with Gasteiger partial charge < -0.3 is 10.1 Å². The fraction of sp³-hybridized carbons (Fsp3) is 0.211. The van der Waals surface area contributed by atoms with Gasteiger partial charge in [-0.15, -0.1) is 6.42 Å². The highest BCUT2D eigenvalue weighted by atomic mass is 35.5. The number of hydrogen-bond donors (Lipinski definition) is 2. The molecule has 0 bridgehead atoms. The van der Waals surface area contributed by atoms with Crippen LogP contribution in [0.2, 0.25) is 10.0 Å². The van der Waals surface area contributed by atoms with E-state index in [0.29, 0.717) is 12.2 Å². The molecular formula is C19H18Cl2N2O4S. The maximum atomic E-state index is 12.6. The average Bonchev–Trinajstić information content (AvgIpc) is 2.66. The monoisotopic (exact) mass is 440 g/mol. The molecule has 0 aromatic heterocycles. The Morgan fingerprint density at radius 1 is 1.18 bits per heavy atom. The molecule has 0 aliphatic heterocycles. The molecule has 6 nitrogen and oxygen atoms in total. The van der Waals surface area contributed by atoms with Gasteiger partial charge in [0.15, 0.2) is 0 Å². The molecule has 9 heteroatoms. The Bertz CT molecular complexity index is 1000. The standard InChI is InChI=1S/C19H18Cl2N2O4S/c1-3-9-22-19(24)15-11-18(17(21)12-16(15)20)28(25,26)23-10-8-13-4-6-14(27-2)7-5-13/h1,4-7,11-12,23H,8-10H2,2H3,(H,22,24). The highest BCUT2D eigenvalue weighted by Crippen LogP contribution is 2.28. The van der Waals surface area contributed by atoms with Crippen molar-refractivity contribution in [2.24, 2.45) is 0 Å². The molecule has 2 aromatic rings. The topological polar surface area (TPSA) is 84.5 Å². The van der Waals surface area contributed by atoms with Gasteiger partial charge in [0.25, 0.3) is 5.91 Å². The Morgan fingerprint density at radius 3 is 2.46 bits per heavy atom. The minimum absolute atomic E-state index is 0.0139. The van der Waals surface area contributed by atoms with Gasteiger partial charge in [-0.25, -0.2) is 13.1 Å². The molecule has 148 valence electrons. The molecule has 0 atom stereocenters. The summed E-state index contributed by atoms with van der Waals surface area (Å²) >= 11 is 12.1. The van der Waals surface area contributed by atoms with Gasteiger partial charge in [-0.2, -0.15) is 0 Å². The van der Waals surface area contributed by atoms with Gasteiger partial charge in [0.05, 0.1) is 29.3 Å². The zero-order valence-corrected chi connectivity index (χ0v) is 17.3. The lowest BCUT2D eigenvalue weighted by Crippen LogP contribution is -2.28. The van der Waals surface area contributed by atoms with Crippen LogP contribution in [0.15, 0.2) is 41.3 Å². The number of ether oxygens (including phenoxy) is 1. The number of hydrogen-bond acceptors (Lipinski definition) is 4. The van der Waals surface area contributed by atoms with Crippen LogP contribution in [-0.2, 0) is 16.4 Å². The lowest BCUT2D eigenvalue weighted by atomic mass is 10.1. The molecule has 0 aliphatic carbocycles. The first-order chi connectivity index (χ1) is 13.3. The number of benzene rings is 2. The smallest absolute Gasteiger partial charge is 0.253 e. The number of carbonyl (C=O) groups excluding carboxylic acids is 1. The van der Waals surface area contributed by atoms with Crippen molar-refractivity contribution in [1.82, 2.24) is 10.0 Å². The van der Waals surface area contributed by atoms with E-state index in [1.807, 2.05) is 12.1 Å². The van der Waals surface area contributed by atoms with Gasteiger partial charge in [0, 0.05) is 6.54 Å². The number of terminal acetylenes is 1. The largest absolute Gasteiger partial charge is 0.497 e. The number of sulfonamides is 1. The molecule has 28 heavy (non-hydrogen) atoms. The fourth-order valence-electron chi connectivity index (χ4n) is 2.34. The summed E-state index contributed by atoms with van der Waals surface area (Å²) in [4.78, 5) is 11.9. The fourth-order valence-corrected chi connectivity index (χ4v) is 4.22. The first-order valence-electron chi connectivity index (χ1n) is 8.11. The molecule has 1 amide bonds. The quantitative estimate of drug-likeness (QED) is 0.618. The van der Waals surface area contributed by atoms with Crippen molar-refractivity contribution < 1.29 is 17.9 Å². The van der Waals surface area contributed by atoms with Crippen molar-refractivity contribution in [2.75, 3.05) is 20.2 Å². The number of amides is 1. The van der Waals surface area contributed by atoms with Crippen molar-refractivity contribution in [1.29, 1.82) is 0 Å². The minimum atomic E-state index is -3.95. The van der Waals surface area contributed by atoms with Gasteiger partial charge in [0.1, 0.15) is 10.6 Å². The summed E-state index contributed by atoms with van der Waals surface area (Å²) in [6.45, 7) is 0.131. The van der Waals surface area contributed by atoms with E-state index in [1.54, 1.807) is 19.2 Å². The van der Waals surface area contributed by atoms with Gasteiger partial charge in [-0.3, -0.25) is 4.79 Å². The molecule has 0 heterocycles. The second-order valence-electron chi connectivity index (χ2n) is 5.65. The highest BCUT2D eigenvalue weighted by Gasteiger charge is 2.22.